The van der Waals surface area contributed by atoms with Crippen LogP contribution in [0.2, 0.25) is 0 Å². The highest BCUT2D eigenvalue weighted by molar-refractivity contribution is 5.28. The number of pyridine rings is 1. The van der Waals surface area contributed by atoms with Gasteiger partial charge in [0.25, 0.3) is 0 Å². The third-order valence-corrected chi connectivity index (χ3v) is 2.01. The summed E-state index contributed by atoms with van der Waals surface area (Å²) in [6.45, 7) is 1.78. The highest BCUT2D eigenvalue weighted by Gasteiger charge is 2.14. The van der Waals surface area contributed by atoms with Crippen molar-refractivity contribution in [3.8, 4) is 5.75 Å². The van der Waals surface area contributed by atoms with Crippen LogP contribution in [0.5, 0.6) is 5.75 Å². The molecule has 13 heavy (non-hydrogen) atoms. The van der Waals surface area contributed by atoms with Gasteiger partial charge in [0.15, 0.2) is 5.75 Å². The average Bonchev–Trinajstić information content (AvgIpc) is 2.12. The average molecular weight is 183 g/mol. The van der Waals surface area contributed by atoms with Gasteiger partial charge in [-0.1, -0.05) is 6.92 Å². The topological polar surface area (TPSA) is 62.5 Å². The molecule has 0 bridgehead atoms. The van der Waals surface area contributed by atoms with Gasteiger partial charge in [0.2, 0.25) is 5.43 Å². The highest BCUT2D eigenvalue weighted by Crippen LogP contribution is 2.21. The fraction of sp³-hybridized carbons (Fsp3) is 0.444. The van der Waals surface area contributed by atoms with Crippen LogP contribution in [0.1, 0.15) is 25.1 Å². The fourth-order valence-corrected chi connectivity index (χ4v) is 1.22. The molecule has 0 saturated carbocycles. The molecule has 0 amide bonds. The van der Waals surface area contributed by atoms with Crippen LogP contribution in [0.4, 0.5) is 0 Å². The molecule has 1 rings (SSSR count). The van der Waals surface area contributed by atoms with Crippen molar-refractivity contribution in [2.24, 2.45) is 7.05 Å². The molecule has 2 N–H and O–H groups in total. The molecule has 4 nitrogen and oxygen atoms in total. The first-order valence-corrected chi connectivity index (χ1v) is 4.14. The summed E-state index contributed by atoms with van der Waals surface area (Å²) in [5.41, 5.74) is -0.185. The van der Waals surface area contributed by atoms with Gasteiger partial charge in [0, 0.05) is 19.3 Å². The molecule has 4 heteroatoms. The van der Waals surface area contributed by atoms with Gasteiger partial charge in [-0.25, -0.2) is 0 Å². The van der Waals surface area contributed by atoms with Gasteiger partial charge in [-0.15, -0.1) is 0 Å². The summed E-state index contributed by atoms with van der Waals surface area (Å²) < 4.78 is 1.55. The molecule has 0 aliphatic heterocycles. The van der Waals surface area contributed by atoms with E-state index in [0.717, 1.165) is 0 Å². The van der Waals surface area contributed by atoms with Crippen LogP contribution >= 0.6 is 0 Å². The Morgan fingerprint density at radius 1 is 1.62 bits per heavy atom. The molecule has 0 spiro atoms. The van der Waals surface area contributed by atoms with Crippen LogP contribution in [0.3, 0.4) is 0 Å². The molecule has 0 aliphatic carbocycles. The van der Waals surface area contributed by atoms with Gasteiger partial charge in [-0.05, 0) is 6.42 Å². The molecule has 1 heterocycles. The number of aromatic hydroxyl groups is 1. The van der Waals surface area contributed by atoms with E-state index < -0.39 is 11.5 Å². The molecule has 72 valence electrons. The smallest absolute Gasteiger partial charge is 0.223 e. The second-order valence-corrected chi connectivity index (χ2v) is 2.95. The lowest BCUT2D eigenvalue weighted by Crippen LogP contribution is -2.13. The molecule has 1 aromatic heterocycles. The zero-order valence-electron chi connectivity index (χ0n) is 7.69. The van der Waals surface area contributed by atoms with Crippen molar-refractivity contribution in [2.45, 2.75) is 19.4 Å². The monoisotopic (exact) mass is 183 g/mol. The maximum absolute atomic E-state index is 11.0. The maximum atomic E-state index is 11.0. The molecular formula is C9H13NO3. The Bertz CT molecular complexity index is 356. The van der Waals surface area contributed by atoms with Crippen LogP contribution in [-0.4, -0.2) is 14.8 Å². The SMILES string of the molecule is CCC(O)c1c(O)c(=O)ccn1C. The van der Waals surface area contributed by atoms with E-state index in [4.69, 9.17) is 0 Å². The number of nitrogens with zero attached hydrogens (tertiary/aromatic N) is 1. The minimum Gasteiger partial charge on any atom is -0.503 e. The normalized spacial score (nSPS) is 12.8. The first-order valence-electron chi connectivity index (χ1n) is 4.14. The predicted molar refractivity (Wildman–Crippen MR) is 48.6 cm³/mol. The number of aliphatic hydroxyl groups excluding tert-OH is 1. The van der Waals surface area contributed by atoms with E-state index in [1.165, 1.54) is 12.3 Å². The van der Waals surface area contributed by atoms with E-state index in [-0.39, 0.29) is 11.4 Å². The zero-order valence-corrected chi connectivity index (χ0v) is 7.69. The van der Waals surface area contributed by atoms with E-state index in [9.17, 15) is 15.0 Å². The van der Waals surface area contributed by atoms with Crippen LogP contribution in [-0.2, 0) is 7.05 Å². The third kappa shape index (κ3) is 1.72. The van der Waals surface area contributed by atoms with E-state index in [0.29, 0.717) is 6.42 Å². The van der Waals surface area contributed by atoms with Gasteiger partial charge in [-0.3, -0.25) is 4.79 Å². The summed E-state index contributed by atoms with van der Waals surface area (Å²) in [5.74, 6) is -0.362. The van der Waals surface area contributed by atoms with Crippen molar-refractivity contribution < 1.29 is 10.2 Å². The van der Waals surface area contributed by atoms with Crippen molar-refractivity contribution in [2.75, 3.05) is 0 Å². The summed E-state index contributed by atoms with van der Waals surface area (Å²) >= 11 is 0. The van der Waals surface area contributed by atoms with Gasteiger partial charge in [0.1, 0.15) is 0 Å². The van der Waals surface area contributed by atoms with Crippen molar-refractivity contribution in [3.63, 3.8) is 0 Å². The standard InChI is InChI=1S/C9H13NO3/c1-3-6(11)8-9(13)7(12)4-5-10(8)2/h4-6,11,13H,3H2,1-2H3. The van der Waals surface area contributed by atoms with Crippen LogP contribution in [0.25, 0.3) is 0 Å². The molecule has 0 aliphatic rings. The van der Waals surface area contributed by atoms with Crippen LogP contribution in [0, 0.1) is 0 Å². The third-order valence-electron chi connectivity index (χ3n) is 2.01. The fourth-order valence-electron chi connectivity index (χ4n) is 1.22. The summed E-state index contributed by atoms with van der Waals surface area (Å²) in [6, 6.07) is 1.27. The predicted octanol–water partition coefficient (Wildman–Crippen LogP) is 0.534. The minimum absolute atomic E-state index is 0.273. The van der Waals surface area contributed by atoms with Crippen LogP contribution < -0.4 is 5.43 Å². The number of hydrogen-bond acceptors (Lipinski definition) is 3. The van der Waals surface area contributed by atoms with Crippen molar-refractivity contribution in [1.82, 2.24) is 4.57 Å². The molecule has 0 fully saturated rings. The number of aromatic nitrogens is 1. The molecule has 1 aromatic rings. The van der Waals surface area contributed by atoms with Gasteiger partial charge in [-0.2, -0.15) is 0 Å². The number of rotatable bonds is 2. The minimum atomic E-state index is -0.793. The van der Waals surface area contributed by atoms with Crippen molar-refractivity contribution in [3.05, 3.63) is 28.2 Å². The number of aryl methyl sites for hydroxylation is 1. The quantitative estimate of drug-likeness (QED) is 0.703. The molecule has 0 aromatic carbocycles. The summed E-state index contributed by atoms with van der Waals surface area (Å²) in [6.07, 6.45) is 1.19. The second kappa shape index (κ2) is 3.62. The number of aliphatic hydroxyl groups is 1. The van der Waals surface area contributed by atoms with Crippen LogP contribution in [0.15, 0.2) is 17.1 Å². The van der Waals surface area contributed by atoms with Crippen molar-refractivity contribution >= 4 is 0 Å². The van der Waals surface area contributed by atoms with Gasteiger partial charge >= 0.3 is 0 Å². The Labute approximate surface area is 76.1 Å². The van der Waals surface area contributed by atoms with E-state index in [1.807, 2.05) is 0 Å². The lowest BCUT2D eigenvalue weighted by atomic mass is 10.1. The summed E-state index contributed by atoms with van der Waals surface area (Å²) in [5, 5.41) is 18.9. The molecular weight excluding hydrogens is 170 g/mol. The van der Waals surface area contributed by atoms with E-state index in [2.05, 4.69) is 0 Å². The van der Waals surface area contributed by atoms with Crippen molar-refractivity contribution in [1.29, 1.82) is 0 Å². The van der Waals surface area contributed by atoms with E-state index in [1.54, 1.807) is 18.5 Å². The lowest BCUT2D eigenvalue weighted by molar-refractivity contribution is 0.160. The zero-order chi connectivity index (χ0) is 10.0. The maximum Gasteiger partial charge on any atom is 0.223 e. The highest BCUT2D eigenvalue weighted by atomic mass is 16.3. The largest absolute Gasteiger partial charge is 0.503 e. The Morgan fingerprint density at radius 3 is 2.77 bits per heavy atom. The molecule has 1 atom stereocenters. The Balaban J connectivity index is 3.33. The first kappa shape index (κ1) is 9.80. The van der Waals surface area contributed by atoms with Gasteiger partial charge < -0.3 is 14.8 Å². The summed E-state index contributed by atoms with van der Waals surface area (Å²) in [7, 11) is 1.67. The summed E-state index contributed by atoms with van der Waals surface area (Å²) in [4.78, 5) is 11.0. The van der Waals surface area contributed by atoms with E-state index >= 15 is 0 Å². The second-order valence-electron chi connectivity index (χ2n) is 2.95. The lowest BCUT2D eigenvalue weighted by Gasteiger charge is -2.14. The van der Waals surface area contributed by atoms with Gasteiger partial charge in [0.05, 0.1) is 11.8 Å². The first-order chi connectivity index (χ1) is 6.07. The Kier molecular flexibility index (Phi) is 2.72. The molecule has 1 unspecified atom stereocenters. The molecule has 0 radical (unpaired) electrons. The Morgan fingerprint density at radius 2 is 2.23 bits per heavy atom. The molecule has 0 saturated heterocycles. The number of hydrogen-bond donors (Lipinski definition) is 2. The Hall–Kier alpha value is -1.29.